The molecule has 0 amide bonds. The van der Waals surface area contributed by atoms with E-state index in [1.807, 2.05) is 36.9 Å². The molecule has 1 nitrogen and oxygen atoms in total. The van der Waals surface area contributed by atoms with Gasteiger partial charge in [-0.25, -0.2) is 0 Å². The van der Waals surface area contributed by atoms with Crippen molar-refractivity contribution in [3.05, 3.63) is 29.3 Å². The second-order valence-corrected chi connectivity index (χ2v) is 5.42. The third-order valence-corrected chi connectivity index (χ3v) is 3.46. The molecule has 0 fully saturated rings. The van der Waals surface area contributed by atoms with Crippen LogP contribution in [0.3, 0.4) is 0 Å². The molecule has 1 aromatic rings. The van der Waals surface area contributed by atoms with Crippen LogP contribution in [-0.2, 0) is 5.75 Å². The fourth-order valence-electron chi connectivity index (χ4n) is 1.34. The standard InChI is InChI=1S/C13H20OS/c1-10(2)7-8-15-9-12-6-4-5-11(3)13(12)14/h4-6,10,14H,7-9H2,1-3H3. The van der Waals surface area contributed by atoms with Gasteiger partial charge in [0.15, 0.2) is 0 Å². The van der Waals surface area contributed by atoms with E-state index in [1.165, 1.54) is 12.2 Å². The van der Waals surface area contributed by atoms with Gasteiger partial charge in [0.25, 0.3) is 0 Å². The van der Waals surface area contributed by atoms with Crippen molar-refractivity contribution in [2.75, 3.05) is 5.75 Å². The Morgan fingerprint density at radius 1 is 1.33 bits per heavy atom. The molecule has 0 aliphatic carbocycles. The topological polar surface area (TPSA) is 20.2 Å². The molecule has 84 valence electrons. The van der Waals surface area contributed by atoms with Gasteiger partial charge < -0.3 is 5.11 Å². The average Bonchev–Trinajstić information content (AvgIpc) is 2.18. The van der Waals surface area contributed by atoms with Crippen LogP contribution < -0.4 is 0 Å². The van der Waals surface area contributed by atoms with E-state index in [0.717, 1.165) is 22.8 Å². The Balaban J connectivity index is 2.41. The van der Waals surface area contributed by atoms with Crippen molar-refractivity contribution in [1.82, 2.24) is 0 Å². The highest BCUT2D eigenvalue weighted by molar-refractivity contribution is 7.98. The van der Waals surface area contributed by atoms with Crippen molar-refractivity contribution < 1.29 is 5.11 Å². The summed E-state index contributed by atoms with van der Waals surface area (Å²) >= 11 is 1.90. The molecule has 0 unspecified atom stereocenters. The summed E-state index contributed by atoms with van der Waals surface area (Å²) in [6, 6.07) is 5.95. The number of rotatable bonds is 5. The van der Waals surface area contributed by atoms with Crippen molar-refractivity contribution in [1.29, 1.82) is 0 Å². The molecule has 15 heavy (non-hydrogen) atoms. The molecule has 0 aromatic heterocycles. The summed E-state index contributed by atoms with van der Waals surface area (Å²) in [5.41, 5.74) is 2.03. The molecule has 0 spiro atoms. The van der Waals surface area contributed by atoms with Gasteiger partial charge in [-0.1, -0.05) is 32.0 Å². The monoisotopic (exact) mass is 224 g/mol. The van der Waals surface area contributed by atoms with Gasteiger partial charge in [0.1, 0.15) is 5.75 Å². The number of hydrogen-bond acceptors (Lipinski definition) is 2. The molecule has 1 aromatic carbocycles. The van der Waals surface area contributed by atoms with Gasteiger partial charge in [-0.3, -0.25) is 0 Å². The lowest BCUT2D eigenvalue weighted by molar-refractivity contribution is 0.466. The maximum Gasteiger partial charge on any atom is 0.122 e. The number of phenolic OH excluding ortho intramolecular Hbond substituents is 1. The number of thioether (sulfide) groups is 1. The summed E-state index contributed by atoms with van der Waals surface area (Å²) in [5, 5.41) is 9.79. The van der Waals surface area contributed by atoms with Gasteiger partial charge in [-0.2, -0.15) is 11.8 Å². The molecule has 2 heteroatoms. The fourth-order valence-corrected chi connectivity index (χ4v) is 2.57. The molecule has 1 N–H and O–H groups in total. The number of hydrogen-bond donors (Lipinski definition) is 1. The second kappa shape index (κ2) is 6.06. The highest BCUT2D eigenvalue weighted by atomic mass is 32.2. The quantitative estimate of drug-likeness (QED) is 0.763. The van der Waals surface area contributed by atoms with E-state index >= 15 is 0 Å². The van der Waals surface area contributed by atoms with Gasteiger partial charge in [-0.05, 0) is 30.6 Å². The summed E-state index contributed by atoms with van der Waals surface area (Å²) in [7, 11) is 0. The van der Waals surface area contributed by atoms with Crippen LogP contribution in [0.4, 0.5) is 0 Å². The molecule has 0 aliphatic rings. The van der Waals surface area contributed by atoms with E-state index < -0.39 is 0 Å². The Kier molecular flexibility index (Phi) is 5.03. The van der Waals surface area contributed by atoms with Gasteiger partial charge in [-0.15, -0.1) is 0 Å². The second-order valence-electron chi connectivity index (χ2n) is 4.32. The first-order chi connectivity index (χ1) is 7.11. The Morgan fingerprint density at radius 3 is 2.73 bits per heavy atom. The largest absolute Gasteiger partial charge is 0.507 e. The SMILES string of the molecule is Cc1cccc(CSCCC(C)C)c1O. The van der Waals surface area contributed by atoms with Gasteiger partial charge in [0.2, 0.25) is 0 Å². The van der Waals surface area contributed by atoms with Crippen LogP contribution in [0.15, 0.2) is 18.2 Å². The lowest BCUT2D eigenvalue weighted by atomic mass is 10.1. The number of aryl methyl sites for hydroxylation is 1. The number of aromatic hydroxyl groups is 1. The van der Waals surface area contributed by atoms with Gasteiger partial charge in [0.05, 0.1) is 0 Å². The lowest BCUT2D eigenvalue weighted by Gasteiger charge is -2.07. The zero-order chi connectivity index (χ0) is 11.3. The molecule has 0 saturated carbocycles. The van der Waals surface area contributed by atoms with Crippen LogP contribution in [0.5, 0.6) is 5.75 Å². The highest BCUT2D eigenvalue weighted by Gasteiger charge is 2.03. The van der Waals surface area contributed by atoms with E-state index in [-0.39, 0.29) is 0 Å². The first-order valence-corrected chi connectivity index (χ1v) is 6.62. The molecule has 0 atom stereocenters. The minimum absolute atomic E-state index is 0.467. The first-order valence-electron chi connectivity index (χ1n) is 5.46. The zero-order valence-electron chi connectivity index (χ0n) is 9.79. The summed E-state index contributed by atoms with van der Waals surface area (Å²) < 4.78 is 0. The van der Waals surface area contributed by atoms with Crippen molar-refractivity contribution in [2.24, 2.45) is 5.92 Å². The molecule has 1 rings (SSSR count). The Bertz CT molecular complexity index is 307. The molecule has 0 heterocycles. The smallest absolute Gasteiger partial charge is 0.122 e. The summed E-state index contributed by atoms with van der Waals surface area (Å²) in [4.78, 5) is 0. The van der Waals surface area contributed by atoms with E-state index in [9.17, 15) is 5.11 Å². The highest BCUT2D eigenvalue weighted by Crippen LogP contribution is 2.26. The summed E-state index contributed by atoms with van der Waals surface area (Å²) in [5.74, 6) is 3.32. The van der Waals surface area contributed by atoms with E-state index in [4.69, 9.17) is 0 Å². The minimum Gasteiger partial charge on any atom is -0.507 e. The molecule has 0 bridgehead atoms. The van der Waals surface area contributed by atoms with Crippen LogP contribution in [0.1, 0.15) is 31.4 Å². The molecule has 0 aliphatic heterocycles. The molecular formula is C13H20OS. The minimum atomic E-state index is 0.467. The molecular weight excluding hydrogens is 204 g/mol. The van der Waals surface area contributed by atoms with Gasteiger partial charge in [0, 0.05) is 11.3 Å². The predicted octanol–water partition coefficient (Wildman–Crippen LogP) is 3.98. The molecule has 0 saturated heterocycles. The normalized spacial score (nSPS) is 10.9. The maximum absolute atomic E-state index is 9.79. The predicted molar refractivity (Wildman–Crippen MR) is 68.5 cm³/mol. The number of phenols is 1. The van der Waals surface area contributed by atoms with Crippen LogP contribution in [0.25, 0.3) is 0 Å². The Labute approximate surface area is 96.9 Å². The van der Waals surface area contributed by atoms with E-state index in [0.29, 0.717) is 5.75 Å². The van der Waals surface area contributed by atoms with Crippen LogP contribution >= 0.6 is 11.8 Å². The van der Waals surface area contributed by atoms with Crippen LogP contribution in [0, 0.1) is 12.8 Å². The average molecular weight is 224 g/mol. The zero-order valence-corrected chi connectivity index (χ0v) is 10.6. The van der Waals surface area contributed by atoms with Crippen molar-refractivity contribution in [2.45, 2.75) is 32.9 Å². The first kappa shape index (κ1) is 12.4. The fraction of sp³-hybridized carbons (Fsp3) is 0.538. The van der Waals surface area contributed by atoms with Gasteiger partial charge >= 0.3 is 0 Å². The summed E-state index contributed by atoms with van der Waals surface area (Å²) in [6.07, 6.45) is 1.25. The third kappa shape index (κ3) is 4.17. The molecule has 0 radical (unpaired) electrons. The van der Waals surface area contributed by atoms with Crippen molar-refractivity contribution in [3.8, 4) is 5.75 Å². The van der Waals surface area contributed by atoms with E-state index in [2.05, 4.69) is 13.8 Å². The summed E-state index contributed by atoms with van der Waals surface area (Å²) in [6.45, 7) is 6.42. The number of para-hydroxylation sites is 1. The van der Waals surface area contributed by atoms with Crippen LogP contribution in [-0.4, -0.2) is 10.9 Å². The maximum atomic E-state index is 9.79. The van der Waals surface area contributed by atoms with Crippen molar-refractivity contribution >= 4 is 11.8 Å². The Morgan fingerprint density at radius 2 is 2.07 bits per heavy atom. The lowest BCUT2D eigenvalue weighted by Crippen LogP contribution is -1.91. The number of benzene rings is 1. The third-order valence-electron chi connectivity index (χ3n) is 2.42. The Hall–Kier alpha value is -0.630. The van der Waals surface area contributed by atoms with E-state index in [1.54, 1.807) is 0 Å². The van der Waals surface area contributed by atoms with Crippen LogP contribution in [0.2, 0.25) is 0 Å². The van der Waals surface area contributed by atoms with Crippen molar-refractivity contribution in [3.63, 3.8) is 0 Å².